The first-order valence-corrected chi connectivity index (χ1v) is 11.9. The molecule has 1 aromatic carbocycles. The lowest BCUT2D eigenvalue weighted by Gasteiger charge is -2.40. The highest BCUT2D eigenvalue weighted by molar-refractivity contribution is 7.15. The first-order chi connectivity index (χ1) is 16.1. The van der Waals surface area contributed by atoms with Crippen molar-refractivity contribution in [2.75, 3.05) is 6.54 Å². The van der Waals surface area contributed by atoms with Gasteiger partial charge in [0.1, 0.15) is 17.3 Å². The van der Waals surface area contributed by atoms with Crippen LogP contribution in [0.2, 0.25) is 0 Å². The van der Waals surface area contributed by atoms with Crippen molar-refractivity contribution in [3.63, 3.8) is 0 Å². The summed E-state index contributed by atoms with van der Waals surface area (Å²) in [5.41, 5.74) is 0.195. The normalized spacial score (nSPS) is 18.8. The number of thiazole rings is 1. The van der Waals surface area contributed by atoms with Gasteiger partial charge >= 0.3 is 6.18 Å². The Balaban J connectivity index is 1.54. The van der Waals surface area contributed by atoms with E-state index in [1.54, 1.807) is 12.1 Å². The molecule has 1 amide bonds. The fourth-order valence-corrected chi connectivity index (χ4v) is 5.27. The van der Waals surface area contributed by atoms with E-state index in [-0.39, 0.29) is 23.7 Å². The molecule has 0 radical (unpaired) electrons. The molecule has 2 atom stereocenters. The molecule has 3 heterocycles. The van der Waals surface area contributed by atoms with Gasteiger partial charge in [-0.25, -0.2) is 19.3 Å². The molecular formula is C24H24F4N4OS. The fraction of sp³-hybridized carbons (Fsp3) is 0.417. The minimum atomic E-state index is -4.48. The number of alkyl halides is 3. The van der Waals surface area contributed by atoms with Gasteiger partial charge < -0.3 is 4.90 Å². The van der Waals surface area contributed by atoms with Crippen molar-refractivity contribution in [3.8, 4) is 10.4 Å². The third-order valence-electron chi connectivity index (χ3n) is 6.12. The Hall–Kier alpha value is -2.88. The number of hydrogen-bond acceptors (Lipinski definition) is 5. The average Bonchev–Trinajstić information content (AvgIpc) is 3.19. The van der Waals surface area contributed by atoms with Gasteiger partial charge in [0.15, 0.2) is 0 Å². The Labute approximate surface area is 198 Å². The van der Waals surface area contributed by atoms with E-state index < -0.39 is 11.7 Å². The van der Waals surface area contributed by atoms with Crippen LogP contribution in [0.4, 0.5) is 17.6 Å². The second kappa shape index (κ2) is 9.77. The van der Waals surface area contributed by atoms with E-state index in [9.17, 15) is 22.4 Å². The number of likely N-dealkylation sites (tertiary alicyclic amines) is 1. The van der Waals surface area contributed by atoms with Crippen LogP contribution in [0.5, 0.6) is 0 Å². The molecule has 0 saturated carbocycles. The van der Waals surface area contributed by atoms with Crippen LogP contribution in [0.1, 0.15) is 53.1 Å². The quantitative estimate of drug-likeness (QED) is 0.414. The van der Waals surface area contributed by atoms with Gasteiger partial charge in [0.25, 0.3) is 5.91 Å². The third kappa shape index (κ3) is 5.27. The van der Waals surface area contributed by atoms with Gasteiger partial charge in [0, 0.05) is 31.4 Å². The van der Waals surface area contributed by atoms with Crippen molar-refractivity contribution >= 4 is 17.2 Å². The topological polar surface area (TPSA) is 59.0 Å². The second-order valence-corrected chi connectivity index (χ2v) is 9.73. The Morgan fingerprint density at radius 1 is 1.18 bits per heavy atom. The van der Waals surface area contributed by atoms with E-state index in [1.807, 2.05) is 11.8 Å². The lowest BCUT2D eigenvalue weighted by molar-refractivity contribution is -0.138. The molecule has 0 aliphatic carbocycles. The van der Waals surface area contributed by atoms with Crippen LogP contribution in [-0.4, -0.2) is 38.3 Å². The molecule has 1 saturated heterocycles. The number of nitrogens with zero attached hydrogens (tertiary/aromatic N) is 4. The van der Waals surface area contributed by atoms with Crippen molar-refractivity contribution < 1.29 is 22.4 Å². The lowest BCUT2D eigenvalue weighted by Crippen LogP contribution is -2.48. The number of carbonyl (C=O) groups is 1. The van der Waals surface area contributed by atoms with E-state index in [0.29, 0.717) is 35.8 Å². The molecule has 5 nitrogen and oxygen atoms in total. The number of carbonyl (C=O) groups excluding carboxylic acids is 1. The molecule has 1 aliphatic heterocycles. The van der Waals surface area contributed by atoms with Crippen LogP contribution in [0.25, 0.3) is 10.4 Å². The third-order valence-corrected chi connectivity index (χ3v) is 7.14. The monoisotopic (exact) mass is 492 g/mol. The smallest absolute Gasteiger partial charge is 0.334 e. The largest absolute Gasteiger partial charge is 0.419 e. The van der Waals surface area contributed by atoms with Gasteiger partial charge in [-0.05, 0) is 49.8 Å². The number of aryl methyl sites for hydroxylation is 2. The number of rotatable bonds is 5. The maximum atomic E-state index is 13.6. The predicted molar refractivity (Wildman–Crippen MR) is 121 cm³/mol. The molecule has 1 fully saturated rings. The van der Waals surface area contributed by atoms with Gasteiger partial charge in [-0.3, -0.25) is 4.79 Å². The first-order valence-electron chi connectivity index (χ1n) is 11.1. The molecule has 0 spiro atoms. The minimum absolute atomic E-state index is 0.116. The molecule has 0 bridgehead atoms. The number of halogens is 4. The van der Waals surface area contributed by atoms with Crippen molar-refractivity contribution in [1.29, 1.82) is 0 Å². The van der Waals surface area contributed by atoms with Crippen LogP contribution in [0, 0.1) is 18.7 Å². The van der Waals surface area contributed by atoms with Crippen LogP contribution in [0.15, 0.2) is 36.7 Å². The van der Waals surface area contributed by atoms with E-state index in [1.165, 1.54) is 23.5 Å². The number of benzene rings is 1. The SMILES string of the molecule is Cc1nc(C(=O)N2CCC[C@@H](C)[C@H]2CCc2ncc(C(F)(F)F)cn2)c(-c2ccc(F)cc2)s1. The van der Waals surface area contributed by atoms with Crippen molar-refractivity contribution in [1.82, 2.24) is 19.9 Å². The summed E-state index contributed by atoms with van der Waals surface area (Å²) < 4.78 is 51.7. The molecule has 3 aromatic rings. The molecule has 10 heteroatoms. The summed E-state index contributed by atoms with van der Waals surface area (Å²) in [6.45, 7) is 4.47. The van der Waals surface area contributed by atoms with Gasteiger partial charge in [-0.1, -0.05) is 19.1 Å². The Bertz CT molecular complexity index is 1150. The molecule has 0 unspecified atom stereocenters. The molecule has 1 aliphatic rings. The summed E-state index contributed by atoms with van der Waals surface area (Å²) in [6, 6.07) is 5.87. The molecular weight excluding hydrogens is 468 g/mol. The van der Waals surface area contributed by atoms with Gasteiger partial charge in [-0.2, -0.15) is 13.2 Å². The van der Waals surface area contributed by atoms with Gasteiger partial charge in [0.05, 0.1) is 15.4 Å². The van der Waals surface area contributed by atoms with Crippen LogP contribution < -0.4 is 0 Å². The number of aromatic nitrogens is 3. The summed E-state index contributed by atoms with van der Waals surface area (Å²) >= 11 is 1.39. The molecule has 2 aromatic heterocycles. The molecule has 4 rings (SSSR count). The van der Waals surface area contributed by atoms with Gasteiger partial charge in [-0.15, -0.1) is 11.3 Å². The number of amides is 1. The first kappa shape index (κ1) is 24.3. The summed E-state index contributed by atoms with van der Waals surface area (Å²) in [7, 11) is 0. The van der Waals surface area contributed by atoms with E-state index in [0.717, 1.165) is 35.8 Å². The van der Waals surface area contributed by atoms with Crippen molar-refractivity contribution in [2.24, 2.45) is 5.92 Å². The highest BCUT2D eigenvalue weighted by Crippen LogP contribution is 2.34. The number of piperidine rings is 1. The summed E-state index contributed by atoms with van der Waals surface area (Å²) in [6.07, 6.45) is -0.192. The Morgan fingerprint density at radius 3 is 2.50 bits per heavy atom. The van der Waals surface area contributed by atoms with Gasteiger partial charge in [0.2, 0.25) is 0 Å². The van der Waals surface area contributed by atoms with E-state index in [2.05, 4.69) is 21.9 Å². The number of hydrogen-bond donors (Lipinski definition) is 0. The summed E-state index contributed by atoms with van der Waals surface area (Å²) in [5, 5.41) is 0.738. The molecule has 0 N–H and O–H groups in total. The molecule has 180 valence electrons. The fourth-order valence-electron chi connectivity index (χ4n) is 4.35. The van der Waals surface area contributed by atoms with E-state index in [4.69, 9.17) is 0 Å². The van der Waals surface area contributed by atoms with Crippen LogP contribution in [0.3, 0.4) is 0 Å². The maximum absolute atomic E-state index is 13.6. The Morgan fingerprint density at radius 2 is 1.85 bits per heavy atom. The van der Waals surface area contributed by atoms with Crippen molar-refractivity contribution in [2.45, 2.75) is 51.7 Å². The zero-order chi connectivity index (χ0) is 24.5. The lowest BCUT2D eigenvalue weighted by atomic mass is 9.87. The average molecular weight is 493 g/mol. The second-order valence-electron chi connectivity index (χ2n) is 8.53. The van der Waals surface area contributed by atoms with E-state index >= 15 is 0 Å². The zero-order valence-corrected chi connectivity index (χ0v) is 19.6. The highest BCUT2D eigenvalue weighted by Gasteiger charge is 2.35. The standard InChI is InChI=1S/C24H24F4N4OS/c1-14-4-3-11-32(19(14)9-10-20-29-12-17(13-30-20)24(26,27)28)23(33)21-22(34-15(2)31-21)16-5-7-18(25)8-6-16/h5-8,12-14,19H,3-4,9-11H2,1-2H3/t14-,19-/m1/s1. The highest BCUT2D eigenvalue weighted by atomic mass is 32.1. The Kier molecular flexibility index (Phi) is 6.97. The predicted octanol–water partition coefficient (Wildman–Crippen LogP) is 5.94. The summed E-state index contributed by atoms with van der Waals surface area (Å²) in [5.74, 6) is -0.0161. The van der Waals surface area contributed by atoms with Crippen LogP contribution >= 0.6 is 11.3 Å². The van der Waals surface area contributed by atoms with Crippen molar-refractivity contribution in [3.05, 3.63) is 64.6 Å². The minimum Gasteiger partial charge on any atom is -0.334 e. The maximum Gasteiger partial charge on any atom is 0.419 e. The molecule has 34 heavy (non-hydrogen) atoms. The van der Waals surface area contributed by atoms with Crippen LogP contribution in [-0.2, 0) is 12.6 Å². The summed E-state index contributed by atoms with van der Waals surface area (Å²) in [4.78, 5) is 28.4. The zero-order valence-electron chi connectivity index (χ0n) is 18.8.